The molecule has 3 N–H and O–H groups in total. The van der Waals surface area contributed by atoms with E-state index in [1.54, 1.807) is 0 Å². The van der Waals surface area contributed by atoms with E-state index in [0.29, 0.717) is 31.6 Å². The van der Waals surface area contributed by atoms with Gasteiger partial charge in [0.05, 0.1) is 26.4 Å². The maximum absolute atomic E-state index is 13.1. The van der Waals surface area contributed by atoms with Crippen molar-refractivity contribution in [3.63, 3.8) is 0 Å². The normalized spacial score (nSPS) is 14.4. The Bertz CT molecular complexity index is 1790. The third kappa shape index (κ3) is 65.4. The molecule has 0 spiro atoms. The standard InChI is InChI=1S/C73H142O17P2/c1-7-10-12-14-16-18-20-27-31-37-43-49-55-70(75)83-61-68(89-73(78)58-52-46-39-33-29-25-23-22-24-26-30-36-42-48-54-66(6)9-3)63-87-91(79,80)85-59-67(74)60-86-92(81,82)88-64-69(62-84-71(76)56-50-44-40-34-35-41-47-53-65(4)5)90-72(77)57-51-45-38-32-28-21-19-17-15-13-11-8-2/h65-69,74H,7-64H2,1-6H3,(H,79,80)(H,81,82)/t66?,67-,68-,69-/m1/s1. The second-order valence-corrected chi connectivity index (χ2v) is 30.0. The molecule has 0 amide bonds. The lowest BCUT2D eigenvalue weighted by Gasteiger charge is -2.21. The molecule has 0 aromatic carbocycles. The Morgan fingerprint density at radius 3 is 0.826 bits per heavy atom. The van der Waals surface area contributed by atoms with E-state index in [1.807, 2.05) is 0 Å². The lowest BCUT2D eigenvalue weighted by atomic mass is 9.99. The van der Waals surface area contributed by atoms with Crippen LogP contribution in [0.2, 0.25) is 0 Å². The molecular weight excluding hydrogens is 1210 g/mol. The summed E-state index contributed by atoms with van der Waals surface area (Å²) in [6, 6.07) is 0. The minimum atomic E-state index is -4.95. The molecule has 0 heterocycles. The lowest BCUT2D eigenvalue weighted by Crippen LogP contribution is -2.30. The Morgan fingerprint density at radius 2 is 0.554 bits per heavy atom. The summed E-state index contributed by atoms with van der Waals surface area (Å²) in [5, 5.41) is 10.6. The van der Waals surface area contributed by atoms with Gasteiger partial charge < -0.3 is 33.8 Å². The second-order valence-electron chi connectivity index (χ2n) is 27.1. The summed E-state index contributed by atoms with van der Waals surface area (Å²) in [5.41, 5.74) is 0. The molecule has 6 atom stereocenters. The highest BCUT2D eigenvalue weighted by Gasteiger charge is 2.30. The molecular formula is C73H142O17P2. The van der Waals surface area contributed by atoms with Crippen LogP contribution in [0.1, 0.15) is 375 Å². The zero-order valence-electron chi connectivity index (χ0n) is 59.9. The van der Waals surface area contributed by atoms with Gasteiger partial charge in [0.1, 0.15) is 19.3 Å². The van der Waals surface area contributed by atoms with Crippen LogP contribution in [0.25, 0.3) is 0 Å². The molecule has 0 saturated heterocycles. The van der Waals surface area contributed by atoms with Gasteiger partial charge in [0.2, 0.25) is 0 Å². The number of carbonyl (C=O) groups excluding carboxylic acids is 4. The van der Waals surface area contributed by atoms with E-state index in [9.17, 15) is 43.2 Å². The van der Waals surface area contributed by atoms with Crippen molar-refractivity contribution in [3.05, 3.63) is 0 Å². The summed E-state index contributed by atoms with van der Waals surface area (Å²) < 4.78 is 68.4. The van der Waals surface area contributed by atoms with Crippen molar-refractivity contribution >= 4 is 39.5 Å². The van der Waals surface area contributed by atoms with Crippen molar-refractivity contribution in [3.8, 4) is 0 Å². The highest BCUT2D eigenvalue weighted by atomic mass is 31.2. The summed E-state index contributed by atoms with van der Waals surface area (Å²) in [6.07, 6.45) is 51.2. The van der Waals surface area contributed by atoms with E-state index >= 15 is 0 Å². The topological polar surface area (TPSA) is 237 Å². The van der Waals surface area contributed by atoms with Gasteiger partial charge in [-0.15, -0.1) is 0 Å². The Kier molecular flexibility index (Phi) is 63.7. The van der Waals surface area contributed by atoms with Gasteiger partial charge in [0.25, 0.3) is 0 Å². The van der Waals surface area contributed by atoms with E-state index in [0.717, 1.165) is 102 Å². The Hall–Kier alpha value is -1.94. The van der Waals surface area contributed by atoms with Gasteiger partial charge in [-0.3, -0.25) is 37.3 Å². The first-order valence-electron chi connectivity index (χ1n) is 38.0. The Labute approximate surface area is 562 Å². The van der Waals surface area contributed by atoms with Crippen molar-refractivity contribution in [1.29, 1.82) is 0 Å². The molecule has 0 aliphatic carbocycles. The number of hydrogen-bond acceptors (Lipinski definition) is 15. The number of ether oxygens (including phenoxy) is 4. The number of hydrogen-bond donors (Lipinski definition) is 3. The number of phosphoric ester groups is 2. The molecule has 0 saturated carbocycles. The Morgan fingerprint density at radius 1 is 0.315 bits per heavy atom. The second kappa shape index (κ2) is 65.0. The number of carbonyl (C=O) groups is 4. The molecule has 17 nitrogen and oxygen atoms in total. The molecule has 0 rings (SSSR count). The molecule has 0 aliphatic heterocycles. The van der Waals surface area contributed by atoms with Gasteiger partial charge in [0.15, 0.2) is 12.2 Å². The van der Waals surface area contributed by atoms with E-state index in [4.69, 9.17) is 37.0 Å². The summed E-state index contributed by atoms with van der Waals surface area (Å²) in [6.45, 7) is 9.57. The van der Waals surface area contributed by atoms with Gasteiger partial charge in [0, 0.05) is 25.7 Å². The molecule has 0 aliphatic rings. The third-order valence-corrected chi connectivity index (χ3v) is 19.2. The molecule has 0 aromatic rings. The summed E-state index contributed by atoms with van der Waals surface area (Å²) >= 11 is 0. The van der Waals surface area contributed by atoms with E-state index < -0.39 is 97.5 Å². The van der Waals surface area contributed by atoms with Gasteiger partial charge in [-0.2, -0.15) is 0 Å². The van der Waals surface area contributed by atoms with Crippen molar-refractivity contribution in [1.82, 2.24) is 0 Å². The lowest BCUT2D eigenvalue weighted by molar-refractivity contribution is -0.161. The highest BCUT2D eigenvalue weighted by Crippen LogP contribution is 2.45. The van der Waals surface area contributed by atoms with Crippen LogP contribution in [0.5, 0.6) is 0 Å². The van der Waals surface area contributed by atoms with E-state index in [2.05, 4.69) is 41.5 Å². The van der Waals surface area contributed by atoms with Crippen LogP contribution < -0.4 is 0 Å². The zero-order valence-corrected chi connectivity index (χ0v) is 61.6. The van der Waals surface area contributed by atoms with Crippen LogP contribution >= 0.6 is 15.6 Å². The minimum Gasteiger partial charge on any atom is -0.462 e. The number of aliphatic hydroxyl groups excluding tert-OH is 1. The molecule has 92 heavy (non-hydrogen) atoms. The van der Waals surface area contributed by atoms with E-state index in [-0.39, 0.29) is 25.7 Å². The fourth-order valence-electron chi connectivity index (χ4n) is 11.1. The van der Waals surface area contributed by atoms with Crippen molar-refractivity contribution < 1.29 is 80.2 Å². The van der Waals surface area contributed by atoms with Crippen molar-refractivity contribution in [2.45, 2.75) is 394 Å². The molecule has 19 heteroatoms. The quantitative estimate of drug-likeness (QED) is 0.0222. The smallest absolute Gasteiger partial charge is 0.462 e. The maximum Gasteiger partial charge on any atom is 0.472 e. The zero-order chi connectivity index (χ0) is 67.9. The molecule has 0 bridgehead atoms. The first kappa shape index (κ1) is 90.1. The molecule has 3 unspecified atom stereocenters. The summed E-state index contributed by atoms with van der Waals surface area (Å²) in [4.78, 5) is 72.6. The predicted molar refractivity (Wildman–Crippen MR) is 372 cm³/mol. The third-order valence-electron chi connectivity index (χ3n) is 17.3. The average molecular weight is 1350 g/mol. The number of phosphoric acid groups is 2. The summed E-state index contributed by atoms with van der Waals surface area (Å²) in [5.74, 6) is -0.568. The van der Waals surface area contributed by atoms with Gasteiger partial charge in [-0.1, -0.05) is 324 Å². The van der Waals surface area contributed by atoms with Crippen LogP contribution in [-0.4, -0.2) is 96.7 Å². The van der Waals surface area contributed by atoms with Gasteiger partial charge in [-0.25, -0.2) is 9.13 Å². The largest absolute Gasteiger partial charge is 0.472 e. The van der Waals surface area contributed by atoms with Gasteiger partial charge >= 0.3 is 39.5 Å². The minimum absolute atomic E-state index is 0.107. The van der Waals surface area contributed by atoms with Crippen LogP contribution in [0.4, 0.5) is 0 Å². The van der Waals surface area contributed by atoms with Gasteiger partial charge in [-0.05, 0) is 37.5 Å². The SMILES string of the molecule is CCCCCCCCCCCCCCC(=O)OC[C@H](COP(=O)(O)OC[C@@H](O)COP(=O)(O)OC[C@@H](COC(=O)CCCCCCCCCC(C)C)OC(=O)CCCCCCCCCCCCCC)OC(=O)CCCCCCCCCCCCCCCCC(C)CC. The van der Waals surface area contributed by atoms with Crippen molar-refractivity contribution in [2.24, 2.45) is 11.8 Å². The van der Waals surface area contributed by atoms with Crippen LogP contribution in [0, 0.1) is 11.8 Å². The fraction of sp³-hybridized carbons (Fsp3) is 0.945. The highest BCUT2D eigenvalue weighted by molar-refractivity contribution is 7.47. The number of rotatable bonds is 72. The number of unbranched alkanes of at least 4 members (excludes halogenated alkanes) is 41. The summed E-state index contributed by atoms with van der Waals surface area (Å²) in [7, 11) is -9.90. The van der Waals surface area contributed by atoms with Crippen LogP contribution in [-0.2, 0) is 65.4 Å². The van der Waals surface area contributed by atoms with E-state index in [1.165, 1.54) is 186 Å². The number of aliphatic hydroxyl groups is 1. The van der Waals surface area contributed by atoms with Crippen molar-refractivity contribution in [2.75, 3.05) is 39.6 Å². The molecule has 0 fully saturated rings. The fourth-order valence-corrected chi connectivity index (χ4v) is 12.7. The van der Waals surface area contributed by atoms with Crippen LogP contribution in [0.15, 0.2) is 0 Å². The molecule has 546 valence electrons. The predicted octanol–water partition coefficient (Wildman–Crippen LogP) is 21.2. The average Bonchev–Trinajstić information content (AvgIpc) is 3.73. The molecule has 0 aromatic heterocycles. The first-order chi connectivity index (χ1) is 44.4. The van der Waals surface area contributed by atoms with Crippen LogP contribution in [0.3, 0.4) is 0 Å². The molecule has 0 radical (unpaired) electrons. The first-order valence-corrected chi connectivity index (χ1v) is 41.0. The maximum atomic E-state index is 13.1. The monoisotopic (exact) mass is 1350 g/mol. The number of esters is 4. The Balaban J connectivity index is 5.23.